The van der Waals surface area contributed by atoms with Crippen molar-refractivity contribution in [3.8, 4) is 50.2 Å². The lowest BCUT2D eigenvalue weighted by Gasteiger charge is -2.26. The lowest BCUT2D eigenvalue weighted by molar-refractivity contribution is 0.627. The summed E-state index contributed by atoms with van der Waals surface area (Å²) in [7, 11) is 0. The van der Waals surface area contributed by atoms with Gasteiger partial charge in [0.1, 0.15) is 17.0 Å². The van der Waals surface area contributed by atoms with Crippen LogP contribution in [-0.4, -0.2) is 4.57 Å². The highest BCUT2D eigenvalue weighted by atomic mass is 19.1. The summed E-state index contributed by atoms with van der Waals surface area (Å²) in [6.45, 7) is 0. The number of furan rings is 1. The lowest BCUT2D eigenvalue weighted by Crippen LogP contribution is -2.09. The van der Waals surface area contributed by atoms with E-state index in [0.717, 1.165) is 111 Å². The van der Waals surface area contributed by atoms with Gasteiger partial charge in [-0.15, -0.1) is 0 Å². The van der Waals surface area contributed by atoms with Gasteiger partial charge in [0.15, 0.2) is 0 Å². The molecule has 0 bridgehead atoms. The zero-order valence-electron chi connectivity index (χ0n) is 34.7. The summed E-state index contributed by atoms with van der Waals surface area (Å²) in [5, 5.41) is 4.48. The number of rotatable bonds is 8. The summed E-state index contributed by atoms with van der Waals surface area (Å²) in [6.07, 6.45) is 0. The summed E-state index contributed by atoms with van der Waals surface area (Å²) in [5.74, 6) is -0.251. The van der Waals surface area contributed by atoms with Gasteiger partial charge in [0.25, 0.3) is 0 Å². The molecule has 0 fully saturated rings. The van der Waals surface area contributed by atoms with Crippen molar-refractivity contribution in [3.05, 3.63) is 242 Å². The third kappa shape index (κ3) is 6.61. The van der Waals surface area contributed by atoms with Gasteiger partial charge in [-0.25, -0.2) is 4.39 Å². The molecule has 302 valence electrons. The van der Waals surface area contributed by atoms with Gasteiger partial charge in [-0.1, -0.05) is 115 Å². The van der Waals surface area contributed by atoms with Gasteiger partial charge in [-0.3, -0.25) is 0 Å². The molecule has 64 heavy (non-hydrogen) atoms. The SMILES string of the molecule is Fc1ccc(-n2c3ccccc3c3cc(-c4cc(-c5cccc(-c6cccc(N(c7ccccc7)c7ccccc7)c6)c5)cc(-c5ccc6oc7ccccc7c6c5)c4)ccc32)cc1. The van der Waals surface area contributed by atoms with Crippen LogP contribution in [0.1, 0.15) is 0 Å². The molecule has 10 aromatic carbocycles. The number of para-hydroxylation sites is 4. The number of halogens is 1. The topological polar surface area (TPSA) is 21.3 Å². The van der Waals surface area contributed by atoms with E-state index in [2.05, 4.69) is 210 Å². The molecule has 0 atom stereocenters. The van der Waals surface area contributed by atoms with E-state index in [1.807, 2.05) is 24.3 Å². The number of anilines is 3. The summed E-state index contributed by atoms with van der Waals surface area (Å²) >= 11 is 0. The largest absolute Gasteiger partial charge is 0.456 e. The van der Waals surface area contributed by atoms with Crippen LogP contribution in [0.5, 0.6) is 0 Å². The molecule has 0 amide bonds. The minimum absolute atomic E-state index is 0.251. The van der Waals surface area contributed by atoms with Crippen LogP contribution in [0.2, 0.25) is 0 Å². The van der Waals surface area contributed by atoms with Gasteiger partial charge in [0, 0.05) is 44.3 Å². The normalized spacial score (nSPS) is 11.5. The molecule has 0 radical (unpaired) electrons. The molecule has 0 aliphatic heterocycles. The monoisotopic (exact) mass is 822 g/mol. The third-order valence-corrected chi connectivity index (χ3v) is 12.4. The van der Waals surface area contributed by atoms with Crippen LogP contribution < -0.4 is 4.90 Å². The average Bonchev–Trinajstić information content (AvgIpc) is 3.90. The Labute approximate surface area is 370 Å². The van der Waals surface area contributed by atoms with Crippen LogP contribution in [0.15, 0.2) is 241 Å². The summed E-state index contributed by atoms with van der Waals surface area (Å²) < 4.78 is 22.6. The van der Waals surface area contributed by atoms with E-state index in [-0.39, 0.29) is 5.82 Å². The van der Waals surface area contributed by atoms with Gasteiger partial charge in [-0.05, 0) is 166 Å². The number of fused-ring (bicyclic) bond motifs is 6. The van der Waals surface area contributed by atoms with Crippen molar-refractivity contribution >= 4 is 60.8 Å². The van der Waals surface area contributed by atoms with E-state index in [4.69, 9.17) is 4.42 Å². The molecule has 0 unspecified atom stereocenters. The fraction of sp³-hybridized carbons (Fsp3) is 0. The molecule has 12 aromatic rings. The second kappa shape index (κ2) is 15.5. The van der Waals surface area contributed by atoms with Crippen molar-refractivity contribution in [2.24, 2.45) is 0 Å². The molecule has 0 saturated carbocycles. The number of hydrogen-bond acceptors (Lipinski definition) is 2. The quantitative estimate of drug-likeness (QED) is 0.152. The highest BCUT2D eigenvalue weighted by Gasteiger charge is 2.17. The van der Waals surface area contributed by atoms with E-state index in [0.29, 0.717) is 0 Å². The van der Waals surface area contributed by atoms with E-state index >= 15 is 0 Å². The van der Waals surface area contributed by atoms with Gasteiger partial charge >= 0.3 is 0 Å². The maximum absolute atomic E-state index is 14.1. The van der Waals surface area contributed by atoms with Gasteiger partial charge in [-0.2, -0.15) is 0 Å². The van der Waals surface area contributed by atoms with Crippen LogP contribution in [0.25, 0.3) is 93.9 Å². The molecule has 0 aliphatic carbocycles. The first-order valence-corrected chi connectivity index (χ1v) is 21.6. The van der Waals surface area contributed by atoms with Crippen LogP contribution >= 0.6 is 0 Å². The molecular formula is C60H39FN2O. The van der Waals surface area contributed by atoms with Gasteiger partial charge in [0.05, 0.1) is 11.0 Å². The molecule has 2 aromatic heterocycles. The zero-order chi connectivity index (χ0) is 42.6. The van der Waals surface area contributed by atoms with E-state index in [9.17, 15) is 4.39 Å². The second-order valence-electron chi connectivity index (χ2n) is 16.3. The minimum Gasteiger partial charge on any atom is -0.456 e. The molecule has 0 spiro atoms. The molecule has 4 heteroatoms. The number of aromatic nitrogens is 1. The number of benzene rings is 10. The Balaban J connectivity index is 1.01. The number of nitrogens with zero attached hydrogens (tertiary/aromatic N) is 2. The average molecular weight is 823 g/mol. The van der Waals surface area contributed by atoms with E-state index < -0.39 is 0 Å². The Morgan fingerprint density at radius 1 is 0.312 bits per heavy atom. The second-order valence-corrected chi connectivity index (χ2v) is 16.3. The first-order valence-electron chi connectivity index (χ1n) is 21.6. The Hall–Kier alpha value is -8.47. The van der Waals surface area contributed by atoms with Crippen molar-refractivity contribution < 1.29 is 8.81 Å². The summed E-state index contributed by atoms with van der Waals surface area (Å²) in [5.41, 5.74) is 17.1. The van der Waals surface area contributed by atoms with Crippen molar-refractivity contribution in [3.63, 3.8) is 0 Å². The zero-order valence-corrected chi connectivity index (χ0v) is 34.7. The minimum atomic E-state index is -0.251. The number of hydrogen-bond donors (Lipinski definition) is 0. The Morgan fingerprint density at radius 3 is 1.50 bits per heavy atom. The highest BCUT2D eigenvalue weighted by Crippen LogP contribution is 2.41. The van der Waals surface area contributed by atoms with Crippen molar-refractivity contribution in [1.29, 1.82) is 0 Å². The Kier molecular flexibility index (Phi) is 9.01. The summed E-state index contributed by atoms with van der Waals surface area (Å²) in [6, 6.07) is 82.3. The smallest absolute Gasteiger partial charge is 0.135 e. The molecule has 0 saturated heterocycles. The van der Waals surface area contributed by atoms with Gasteiger partial charge < -0.3 is 13.9 Å². The first kappa shape index (κ1) is 37.3. The Morgan fingerprint density at radius 2 is 0.797 bits per heavy atom. The summed E-state index contributed by atoms with van der Waals surface area (Å²) in [4.78, 5) is 2.30. The van der Waals surface area contributed by atoms with Crippen LogP contribution in [-0.2, 0) is 0 Å². The molecule has 2 heterocycles. The predicted molar refractivity (Wildman–Crippen MR) is 264 cm³/mol. The fourth-order valence-electron chi connectivity index (χ4n) is 9.36. The molecule has 3 nitrogen and oxygen atoms in total. The van der Waals surface area contributed by atoms with Gasteiger partial charge in [0.2, 0.25) is 0 Å². The maximum atomic E-state index is 14.1. The van der Waals surface area contributed by atoms with Crippen LogP contribution in [0.3, 0.4) is 0 Å². The van der Waals surface area contributed by atoms with Crippen LogP contribution in [0.4, 0.5) is 21.5 Å². The lowest BCUT2D eigenvalue weighted by atomic mass is 9.91. The first-order chi connectivity index (χ1) is 31.6. The van der Waals surface area contributed by atoms with E-state index in [1.54, 1.807) is 0 Å². The maximum Gasteiger partial charge on any atom is 0.135 e. The highest BCUT2D eigenvalue weighted by molar-refractivity contribution is 6.11. The standard InChI is InChI=1S/C60H39FN2O/c61-48-27-29-51(30-28-48)63-57-23-9-7-21-53(57)55-38-43(25-31-58(55)63)46-34-45(35-47(36-46)44-26-32-60-56(39-44)54-22-8-10-24-59(54)64-60)41-14-11-13-40(33-41)42-15-12-20-52(37-42)62(49-16-3-1-4-17-49)50-18-5-2-6-19-50/h1-39H. The van der Waals surface area contributed by atoms with Crippen LogP contribution in [0, 0.1) is 5.82 Å². The van der Waals surface area contributed by atoms with Crippen molar-refractivity contribution in [1.82, 2.24) is 4.57 Å². The fourth-order valence-corrected chi connectivity index (χ4v) is 9.36. The molecular weight excluding hydrogens is 784 g/mol. The third-order valence-electron chi connectivity index (χ3n) is 12.4. The molecule has 0 N–H and O–H groups in total. The predicted octanol–water partition coefficient (Wildman–Crippen LogP) is 17.0. The van der Waals surface area contributed by atoms with E-state index in [1.165, 1.54) is 12.1 Å². The Bertz CT molecular complexity index is 3640. The molecule has 12 rings (SSSR count). The van der Waals surface area contributed by atoms with Crippen molar-refractivity contribution in [2.75, 3.05) is 4.90 Å². The van der Waals surface area contributed by atoms with Crippen molar-refractivity contribution in [2.45, 2.75) is 0 Å². The molecule has 0 aliphatic rings.